The number of nitrogens with zero attached hydrogens (tertiary/aromatic N) is 2. The van der Waals surface area contributed by atoms with Crippen molar-refractivity contribution in [3.05, 3.63) is 17.7 Å². The van der Waals surface area contributed by atoms with Gasteiger partial charge in [0.15, 0.2) is 0 Å². The molecule has 0 amide bonds. The molecule has 0 N–H and O–H groups in total. The second-order valence-corrected chi connectivity index (χ2v) is 1.79. The van der Waals surface area contributed by atoms with Crippen molar-refractivity contribution in [3.8, 4) is 0 Å². The van der Waals surface area contributed by atoms with Crippen LogP contribution in [0.5, 0.6) is 0 Å². The minimum atomic E-state index is -0.273. The van der Waals surface area contributed by atoms with Crippen LogP contribution < -0.4 is 0 Å². The van der Waals surface area contributed by atoms with Gasteiger partial charge in [0.2, 0.25) is 5.78 Å². The van der Waals surface area contributed by atoms with Gasteiger partial charge < -0.3 is 5.53 Å². The van der Waals surface area contributed by atoms with Gasteiger partial charge >= 0.3 is 5.71 Å². The molecule has 3 nitrogen and oxygen atoms in total. The molecule has 0 saturated heterocycles. The largest absolute Gasteiger partial charge is 0.361 e. The van der Waals surface area contributed by atoms with E-state index >= 15 is 0 Å². The predicted octanol–water partition coefficient (Wildman–Crippen LogP) is 0.822. The molecule has 0 aliphatic rings. The molecule has 0 unspecified atom stereocenters. The van der Waals surface area contributed by atoms with E-state index in [1.807, 2.05) is 0 Å². The van der Waals surface area contributed by atoms with E-state index in [0.717, 1.165) is 0 Å². The lowest BCUT2D eigenvalue weighted by Crippen LogP contribution is -2.11. The molecule has 0 saturated carbocycles. The van der Waals surface area contributed by atoms with Gasteiger partial charge in [-0.25, -0.2) is 0 Å². The summed E-state index contributed by atoms with van der Waals surface area (Å²) < 4.78 is 0. The first-order valence-corrected chi connectivity index (χ1v) is 2.48. The molecule has 0 fully saturated rings. The number of hydrogen-bond acceptors (Lipinski definition) is 1. The maximum absolute atomic E-state index is 10.5. The second-order valence-electron chi connectivity index (χ2n) is 1.79. The summed E-state index contributed by atoms with van der Waals surface area (Å²) in [5.74, 6) is -0.273. The molecule has 0 bridgehead atoms. The first kappa shape index (κ1) is 7.79. The molecule has 0 aromatic carbocycles. The molecular formula is C6H8N2O. The van der Waals surface area contributed by atoms with Crippen LogP contribution in [0.4, 0.5) is 0 Å². The van der Waals surface area contributed by atoms with Crippen molar-refractivity contribution in [1.29, 1.82) is 0 Å². The molecule has 0 heterocycles. The third kappa shape index (κ3) is 2.02. The van der Waals surface area contributed by atoms with Gasteiger partial charge in [0, 0.05) is 12.5 Å². The first-order valence-electron chi connectivity index (χ1n) is 2.48. The number of rotatable bonds is 2. The molecule has 48 valence electrons. The van der Waals surface area contributed by atoms with Crippen molar-refractivity contribution in [3.63, 3.8) is 0 Å². The lowest BCUT2D eigenvalue weighted by Gasteiger charge is -1.83. The molecule has 0 rings (SSSR count). The van der Waals surface area contributed by atoms with Gasteiger partial charge in [-0.15, -0.1) is 0 Å². The predicted molar refractivity (Wildman–Crippen MR) is 34.1 cm³/mol. The Kier molecular flexibility index (Phi) is 2.55. The average molecular weight is 124 g/mol. The van der Waals surface area contributed by atoms with E-state index in [2.05, 4.69) is 11.4 Å². The quantitative estimate of drug-likeness (QED) is 0.305. The van der Waals surface area contributed by atoms with E-state index in [1.165, 1.54) is 6.92 Å². The van der Waals surface area contributed by atoms with Gasteiger partial charge in [-0.3, -0.25) is 4.79 Å². The molecule has 9 heavy (non-hydrogen) atoms. The van der Waals surface area contributed by atoms with E-state index in [9.17, 15) is 4.79 Å². The summed E-state index contributed by atoms with van der Waals surface area (Å²) in [7, 11) is 0. The van der Waals surface area contributed by atoms with E-state index in [4.69, 9.17) is 5.53 Å². The second kappa shape index (κ2) is 2.95. The van der Waals surface area contributed by atoms with Gasteiger partial charge in [0.1, 0.15) is 0 Å². The summed E-state index contributed by atoms with van der Waals surface area (Å²) in [6, 6.07) is 0. The Hall–Kier alpha value is -1.21. The van der Waals surface area contributed by atoms with Crippen LogP contribution in [0.15, 0.2) is 12.2 Å². The zero-order chi connectivity index (χ0) is 7.44. The van der Waals surface area contributed by atoms with Gasteiger partial charge in [0.25, 0.3) is 0 Å². The van der Waals surface area contributed by atoms with Crippen LogP contribution >= 0.6 is 0 Å². The normalized spacial score (nSPS) is 7.78. The zero-order valence-electron chi connectivity index (χ0n) is 5.51. The summed E-state index contributed by atoms with van der Waals surface area (Å²) in [6.07, 6.45) is 0. The number of allylic oxidation sites excluding steroid dienone is 1. The number of carbonyl (C=O) groups is 1. The lowest BCUT2D eigenvalue weighted by molar-refractivity contribution is -0.115. The van der Waals surface area contributed by atoms with E-state index in [1.54, 1.807) is 6.92 Å². The van der Waals surface area contributed by atoms with Crippen LogP contribution in [-0.2, 0) is 4.79 Å². The van der Waals surface area contributed by atoms with E-state index < -0.39 is 0 Å². The molecule has 0 spiro atoms. The monoisotopic (exact) mass is 124 g/mol. The molecule has 0 aliphatic carbocycles. The highest BCUT2D eigenvalue weighted by Gasteiger charge is 2.14. The van der Waals surface area contributed by atoms with Crippen molar-refractivity contribution in [2.75, 3.05) is 0 Å². The van der Waals surface area contributed by atoms with Gasteiger partial charge in [0.05, 0.1) is 0 Å². The minimum absolute atomic E-state index is 0.0370. The number of hydrogen-bond donors (Lipinski definition) is 0. The average Bonchev–Trinajstić information content (AvgIpc) is 1.64. The Balaban J connectivity index is 4.59. The van der Waals surface area contributed by atoms with Crippen molar-refractivity contribution < 1.29 is 9.58 Å². The maximum atomic E-state index is 10.5. The summed E-state index contributed by atoms with van der Waals surface area (Å²) in [6.45, 7) is 6.37. The van der Waals surface area contributed by atoms with Gasteiger partial charge in [-0.05, 0) is 6.92 Å². The first-order chi connectivity index (χ1) is 4.09. The zero-order valence-corrected chi connectivity index (χ0v) is 5.51. The van der Waals surface area contributed by atoms with Crippen LogP contribution in [0.2, 0.25) is 0 Å². The molecule has 0 radical (unpaired) electrons. The fourth-order valence-corrected chi connectivity index (χ4v) is 0.456. The lowest BCUT2D eigenvalue weighted by atomic mass is 10.1. The molecule has 3 heteroatoms. The van der Waals surface area contributed by atoms with Crippen LogP contribution in [0, 0.1) is 0 Å². The fourth-order valence-electron chi connectivity index (χ4n) is 0.456. The molecule has 0 aliphatic heterocycles. The summed E-state index contributed by atoms with van der Waals surface area (Å²) in [5.41, 5.74) is 8.69. The highest BCUT2D eigenvalue weighted by Crippen LogP contribution is 1.89. The van der Waals surface area contributed by atoms with E-state index in [-0.39, 0.29) is 11.5 Å². The Bertz CT molecular complexity index is 183. The Morgan fingerprint density at radius 2 is 2.00 bits per heavy atom. The third-order valence-electron chi connectivity index (χ3n) is 0.838. The molecule has 0 atom stereocenters. The highest BCUT2D eigenvalue weighted by molar-refractivity contribution is 6.42. The fraction of sp³-hybridized carbons (Fsp3) is 0.333. The highest BCUT2D eigenvalue weighted by atomic mass is 16.1. The van der Waals surface area contributed by atoms with E-state index in [0.29, 0.717) is 5.57 Å². The Labute approximate surface area is 53.6 Å². The standard InChI is InChI=1S/C6H8N2O/c1-4(2)6(8-7)5(3)9/h1H2,2-3H3. The Morgan fingerprint density at radius 1 is 1.56 bits per heavy atom. The third-order valence-corrected chi connectivity index (χ3v) is 0.838. The SMILES string of the molecule is C=C(C)C(=[N+]=[N-])C(C)=O. The van der Waals surface area contributed by atoms with Crippen LogP contribution in [0.3, 0.4) is 0 Å². The van der Waals surface area contributed by atoms with Crippen LogP contribution in [-0.4, -0.2) is 16.3 Å². The maximum Gasteiger partial charge on any atom is 0.359 e. The minimum Gasteiger partial charge on any atom is -0.361 e. The number of Topliss-reactive ketones (excluding diaryl/α,β-unsaturated/α-hetero) is 1. The molecule has 0 aromatic rings. The van der Waals surface area contributed by atoms with Crippen molar-refractivity contribution in [2.24, 2.45) is 0 Å². The van der Waals surface area contributed by atoms with Gasteiger partial charge in [-0.1, -0.05) is 6.58 Å². The topological polar surface area (TPSA) is 53.5 Å². The number of ketones is 1. The molecular weight excluding hydrogens is 116 g/mol. The summed E-state index contributed by atoms with van der Waals surface area (Å²) >= 11 is 0. The van der Waals surface area contributed by atoms with Crippen LogP contribution in [0.25, 0.3) is 5.53 Å². The Morgan fingerprint density at radius 3 is 2.00 bits per heavy atom. The number of carbonyl (C=O) groups excluding carboxylic acids is 1. The van der Waals surface area contributed by atoms with Crippen molar-refractivity contribution >= 4 is 11.5 Å². The van der Waals surface area contributed by atoms with Gasteiger partial charge in [-0.2, -0.15) is 4.79 Å². The smallest absolute Gasteiger partial charge is 0.359 e. The van der Waals surface area contributed by atoms with Crippen molar-refractivity contribution in [2.45, 2.75) is 13.8 Å². The van der Waals surface area contributed by atoms with Crippen LogP contribution in [0.1, 0.15) is 13.8 Å². The molecule has 0 aromatic heterocycles. The van der Waals surface area contributed by atoms with Crippen molar-refractivity contribution in [1.82, 2.24) is 0 Å². The summed E-state index contributed by atoms with van der Waals surface area (Å²) in [5, 5.41) is 0. The summed E-state index contributed by atoms with van der Waals surface area (Å²) in [4.78, 5) is 13.2.